The van der Waals surface area contributed by atoms with Gasteiger partial charge in [0.2, 0.25) is 0 Å². The predicted octanol–water partition coefficient (Wildman–Crippen LogP) is 5.85. The normalized spacial score (nSPS) is 11.4. The minimum Gasteiger partial charge on any atom is -0.249 e. The van der Waals surface area contributed by atoms with E-state index < -0.39 is 0 Å². The Kier molecular flexibility index (Phi) is 10.2. The molecule has 0 fully saturated rings. The highest BCUT2D eigenvalue weighted by Gasteiger charge is 2.12. The Bertz CT molecular complexity index is 332. The predicted molar refractivity (Wildman–Crippen MR) is 90.5 cm³/mol. The Labute approximate surface area is 131 Å². The molecule has 122 valence electrons. The van der Waals surface area contributed by atoms with Crippen molar-refractivity contribution in [3.05, 3.63) is 11.9 Å². The Morgan fingerprint density at radius 2 is 1.38 bits per heavy atom. The summed E-state index contributed by atoms with van der Waals surface area (Å²) < 4.78 is 2.12. The first kappa shape index (κ1) is 18.2. The molecule has 0 radical (unpaired) electrons. The van der Waals surface area contributed by atoms with Gasteiger partial charge >= 0.3 is 0 Å². The second-order valence-electron chi connectivity index (χ2n) is 6.40. The van der Waals surface area contributed by atoms with Crippen LogP contribution in [0.4, 0.5) is 0 Å². The van der Waals surface area contributed by atoms with E-state index in [0.717, 1.165) is 5.69 Å². The van der Waals surface area contributed by atoms with Gasteiger partial charge in [0.05, 0.1) is 11.7 Å². The van der Waals surface area contributed by atoms with E-state index in [1.165, 1.54) is 77.0 Å². The van der Waals surface area contributed by atoms with Crippen LogP contribution in [0.3, 0.4) is 0 Å². The molecule has 1 aromatic rings. The number of unbranched alkanes of at least 4 members (excludes halogenated alkanes) is 8. The molecule has 1 heterocycles. The number of hydrogen-bond acceptors (Lipinski definition) is 2. The summed E-state index contributed by atoms with van der Waals surface area (Å²) in [6.45, 7) is 6.58. The molecular formula is C18H35N3. The number of hydrogen-bond donors (Lipinski definition) is 0. The summed E-state index contributed by atoms with van der Waals surface area (Å²) in [5.74, 6) is 0. The molecule has 0 saturated carbocycles. The first-order chi connectivity index (χ1) is 10.3. The maximum atomic E-state index is 4.31. The fraction of sp³-hybridized carbons (Fsp3) is 0.889. The van der Waals surface area contributed by atoms with Crippen molar-refractivity contribution in [1.29, 1.82) is 0 Å². The van der Waals surface area contributed by atoms with E-state index in [0.29, 0.717) is 6.04 Å². The largest absolute Gasteiger partial charge is 0.249 e. The van der Waals surface area contributed by atoms with Gasteiger partial charge in [0, 0.05) is 6.20 Å². The van der Waals surface area contributed by atoms with Crippen LogP contribution in [0.25, 0.3) is 0 Å². The smallest absolute Gasteiger partial charge is 0.0796 e. The molecule has 1 rings (SSSR count). The lowest BCUT2D eigenvalue weighted by Crippen LogP contribution is -2.10. The van der Waals surface area contributed by atoms with Gasteiger partial charge in [0.25, 0.3) is 0 Å². The SMILES string of the molecule is CCCCCCCC(CCCCCCC)n1cc(C)nn1. The Morgan fingerprint density at radius 1 is 0.857 bits per heavy atom. The minimum atomic E-state index is 0.564. The molecular weight excluding hydrogens is 258 g/mol. The monoisotopic (exact) mass is 293 g/mol. The lowest BCUT2D eigenvalue weighted by molar-refractivity contribution is 0.360. The molecule has 0 aliphatic carbocycles. The van der Waals surface area contributed by atoms with Crippen LogP contribution in [0.1, 0.15) is 103 Å². The second-order valence-corrected chi connectivity index (χ2v) is 6.40. The van der Waals surface area contributed by atoms with Crippen LogP contribution in [0.2, 0.25) is 0 Å². The van der Waals surface area contributed by atoms with Crippen LogP contribution in [-0.2, 0) is 0 Å². The summed E-state index contributed by atoms with van der Waals surface area (Å²) in [4.78, 5) is 0. The fourth-order valence-corrected chi connectivity index (χ4v) is 2.92. The Hall–Kier alpha value is -0.860. The summed E-state index contributed by atoms with van der Waals surface area (Å²) in [6, 6.07) is 0.564. The lowest BCUT2D eigenvalue weighted by Gasteiger charge is -2.17. The van der Waals surface area contributed by atoms with Crippen LogP contribution >= 0.6 is 0 Å². The van der Waals surface area contributed by atoms with Gasteiger partial charge in [-0.05, 0) is 19.8 Å². The van der Waals surface area contributed by atoms with E-state index in [9.17, 15) is 0 Å². The third-order valence-corrected chi connectivity index (χ3v) is 4.28. The van der Waals surface area contributed by atoms with Crippen molar-refractivity contribution in [3.63, 3.8) is 0 Å². The van der Waals surface area contributed by atoms with Gasteiger partial charge in [0.15, 0.2) is 0 Å². The number of aromatic nitrogens is 3. The highest BCUT2D eigenvalue weighted by atomic mass is 15.4. The van der Waals surface area contributed by atoms with Gasteiger partial charge in [-0.25, -0.2) is 4.68 Å². The maximum absolute atomic E-state index is 4.31. The average Bonchev–Trinajstić information content (AvgIpc) is 2.91. The molecule has 0 spiro atoms. The zero-order chi connectivity index (χ0) is 15.3. The van der Waals surface area contributed by atoms with Gasteiger partial charge in [-0.2, -0.15) is 0 Å². The summed E-state index contributed by atoms with van der Waals surface area (Å²) in [7, 11) is 0. The minimum absolute atomic E-state index is 0.564. The topological polar surface area (TPSA) is 30.7 Å². The molecule has 0 atom stereocenters. The van der Waals surface area contributed by atoms with Crippen molar-refractivity contribution >= 4 is 0 Å². The standard InChI is InChI=1S/C18H35N3/c1-4-6-8-10-12-14-18(15-13-11-9-7-5-2)21-16-17(3)19-20-21/h16,18H,4-15H2,1-3H3. The Balaban J connectivity index is 2.32. The molecule has 0 unspecified atom stereocenters. The summed E-state index contributed by atoms with van der Waals surface area (Å²) in [5, 5.41) is 8.48. The molecule has 1 aromatic heterocycles. The zero-order valence-electron chi connectivity index (χ0n) is 14.5. The molecule has 0 aliphatic rings. The van der Waals surface area contributed by atoms with Crippen molar-refractivity contribution in [3.8, 4) is 0 Å². The van der Waals surface area contributed by atoms with E-state index in [-0.39, 0.29) is 0 Å². The maximum Gasteiger partial charge on any atom is 0.0796 e. The van der Waals surface area contributed by atoms with Crippen LogP contribution in [0.15, 0.2) is 6.20 Å². The number of rotatable bonds is 13. The summed E-state index contributed by atoms with van der Waals surface area (Å²) in [6.07, 6.45) is 18.2. The van der Waals surface area contributed by atoms with E-state index in [4.69, 9.17) is 0 Å². The molecule has 0 bridgehead atoms. The van der Waals surface area contributed by atoms with Gasteiger partial charge < -0.3 is 0 Å². The summed E-state index contributed by atoms with van der Waals surface area (Å²) >= 11 is 0. The van der Waals surface area contributed by atoms with Gasteiger partial charge in [-0.3, -0.25) is 0 Å². The lowest BCUT2D eigenvalue weighted by atomic mass is 10.0. The first-order valence-electron chi connectivity index (χ1n) is 9.16. The summed E-state index contributed by atoms with van der Waals surface area (Å²) in [5.41, 5.74) is 1.04. The quantitative estimate of drug-likeness (QED) is 0.427. The van der Waals surface area contributed by atoms with Crippen molar-refractivity contribution in [1.82, 2.24) is 15.0 Å². The molecule has 0 saturated heterocycles. The van der Waals surface area contributed by atoms with E-state index in [1.54, 1.807) is 0 Å². The molecule has 3 heteroatoms. The van der Waals surface area contributed by atoms with Crippen LogP contribution in [-0.4, -0.2) is 15.0 Å². The Morgan fingerprint density at radius 3 is 1.81 bits per heavy atom. The molecule has 0 amide bonds. The van der Waals surface area contributed by atoms with Crippen molar-refractivity contribution in [2.45, 2.75) is 104 Å². The third-order valence-electron chi connectivity index (χ3n) is 4.28. The van der Waals surface area contributed by atoms with E-state index in [1.807, 2.05) is 6.92 Å². The second kappa shape index (κ2) is 11.8. The van der Waals surface area contributed by atoms with Crippen molar-refractivity contribution in [2.24, 2.45) is 0 Å². The first-order valence-corrected chi connectivity index (χ1v) is 9.16. The number of aryl methyl sites for hydroxylation is 1. The third kappa shape index (κ3) is 8.23. The molecule has 0 aromatic carbocycles. The molecule has 21 heavy (non-hydrogen) atoms. The van der Waals surface area contributed by atoms with Crippen LogP contribution < -0.4 is 0 Å². The van der Waals surface area contributed by atoms with Gasteiger partial charge in [-0.1, -0.05) is 83.3 Å². The molecule has 0 N–H and O–H groups in total. The highest BCUT2D eigenvalue weighted by Crippen LogP contribution is 2.23. The van der Waals surface area contributed by atoms with E-state index >= 15 is 0 Å². The van der Waals surface area contributed by atoms with Crippen LogP contribution in [0, 0.1) is 6.92 Å². The average molecular weight is 293 g/mol. The van der Waals surface area contributed by atoms with Gasteiger partial charge in [-0.15, -0.1) is 5.10 Å². The zero-order valence-corrected chi connectivity index (χ0v) is 14.5. The number of nitrogens with zero attached hydrogens (tertiary/aromatic N) is 3. The highest BCUT2D eigenvalue weighted by molar-refractivity contribution is 4.88. The van der Waals surface area contributed by atoms with Gasteiger partial charge in [0.1, 0.15) is 0 Å². The van der Waals surface area contributed by atoms with Crippen molar-refractivity contribution in [2.75, 3.05) is 0 Å². The van der Waals surface area contributed by atoms with Crippen molar-refractivity contribution < 1.29 is 0 Å². The molecule has 0 aliphatic heterocycles. The molecule has 3 nitrogen and oxygen atoms in total. The van der Waals surface area contributed by atoms with Crippen LogP contribution in [0.5, 0.6) is 0 Å². The van der Waals surface area contributed by atoms with E-state index in [2.05, 4.69) is 35.0 Å². The fourth-order valence-electron chi connectivity index (χ4n) is 2.92.